The summed E-state index contributed by atoms with van der Waals surface area (Å²) in [6.07, 6.45) is 87.6. The van der Waals surface area contributed by atoms with Gasteiger partial charge in [-0.1, -0.05) is 372 Å². The lowest BCUT2D eigenvalue weighted by Gasteiger charge is -2.18. The summed E-state index contributed by atoms with van der Waals surface area (Å²) in [5.74, 6) is -0.857. The molecule has 0 spiro atoms. The predicted octanol–water partition coefficient (Wildman–Crippen LogP) is 25.1. The van der Waals surface area contributed by atoms with Crippen LogP contribution < -0.4 is 0 Å². The summed E-state index contributed by atoms with van der Waals surface area (Å²) in [7, 11) is 0. The molecule has 6 nitrogen and oxygen atoms in total. The maximum absolute atomic E-state index is 13.0. The first-order valence-corrected chi connectivity index (χ1v) is 36.5. The van der Waals surface area contributed by atoms with Gasteiger partial charge in [0.15, 0.2) is 6.10 Å². The second-order valence-corrected chi connectivity index (χ2v) is 24.8. The fourth-order valence-corrected chi connectivity index (χ4v) is 11.2. The Kier molecular flexibility index (Phi) is 68.1. The molecule has 1 atom stereocenters. The van der Waals surface area contributed by atoms with E-state index in [9.17, 15) is 14.4 Å². The van der Waals surface area contributed by atoms with Gasteiger partial charge in [-0.25, -0.2) is 0 Å². The Hall–Kier alpha value is -2.37. The first-order chi connectivity index (χ1) is 40.0. The molecule has 81 heavy (non-hydrogen) atoms. The SMILES string of the molecule is CC/C=C\C/C=C\C/C=C\CCCCCCCC(=O)OCC(COC(=O)CCCCCCCCCCCCCCCCCCCCCCCCCCCC)OC(=O)CCCCCCCCCCCCCCCCCCCCCCCC. The summed E-state index contributed by atoms with van der Waals surface area (Å²) < 4.78 is 17.0. The van der Waals surface area contributed by atoms with Crippen LogP contribution in [0.2, 0.25) is 0 Å². The summed E-state index contributed by atoms with van der Waals surface area (Å²) >= 11 is 0. The molecular weight excluding hydrogens is 997 g/mol. The third-order valence-corrected chi connectivity index (χ3v) is 16.7. The Morgan fingerprint density at radius 3 is 0.753 bits per heavy atom. The Labute approximate surface area is 506 Å². The molecule has 0 aliphatic heterocycles. The van der Waals surface area contributed by atoms with Crippen LogP contribution in [0.3, 0.4) is 0 Å². The van der Waals surface area contributed by atoms with E-state index in [0.29, 0.717) is 19.3 Å². The smallest absolute Gasteiger partial charge is 0.306 e. The second kappa shape index (κ2) is 70.1. The molecule has 0 rings (SSSR count). The minimum Gasteiger partial charge on any atom is -0.462 e. The normalized spacial score (nSPS) is 12.2. The lowest BCUT2D eigenvalue weighted by Crippen LogP contribution is -2.30. The van der Waals surface area contributed by atoms with Crippen molar-refractivity contribution in [1.82, 2.24) is 0 Å². The van der Waals surface area contributed by atoms with Gasteiger partial charge in [-0.05, 0) is 51.4 Å². The summed E-state index contributed by atoms with van der Waals surface area (Å²) in [5.41, 5.74) is 0. The average Bonchev–Trinajstić information content (AvgIpc) is 3.47. The van der Waals surface area contributed by atoms with Gasteiger partial charge < -0.3 is 14.2 Å². The van der Waals surface area contributed by atoms with Gasteiger partial charge in [0.2, 0.25) is 0 Å². The van der Waals surface area contributed by atoms with Crippen LogP contribution in [-0.4, -0.2) is 37.2 Å². The maximum atomic E-state index is 13.0. The van der Waals surface area contributed by atoms with E-state index >= 15 is 0 Å². The minimum absolute atomic E-state index is 0.0717. The molecule has 0 aliphatic rings. The molecule has 0 saturated carbocycles. The number of hydrogen-bond acceptors (Lipinski definition) is 6. The van der Waals surface area contributed by atoms with Crippen molar-refractivity contribution in [2.24, 2.45) is 0 Å². The lowest BCUT2D eigenvalue weighted by molar-refractivity contribution is -0.167. The summed E-state index contributed by atoms with van der Waals surface area (Å²) in [6, 6.07) is 0. The highest BCUT2D eigenvalue weighted by atomic mass is 16.6. The van der Waals surface area contributed by atoms with Crippen molar-refractivity contribution >= 4 is 17.9 Å². The molecule has 476 valence electrons. The molecule has 6 heteroatoms. The monoisotopic (exact) mass is 1140 g/mol. The molecule has 1 unspecified atom stereocenters. The van der Waals surface area contributed by atoms with Crippen LogP contribution in [0, 0.1) is 0 Å². The number of allylic oxidation sites excluding steroid dienone is 6. The van der Waals surface area contributed by atoms with Crippen molar-refractivity contribution in [2.75, 3.05) is 13.2 Å². The number of carbonyl (C=O) groups is 3. The predicted molar refractivity (Wildman–Crippen MR) is 353 cm³/mol. The van der Waals surface area contributed by atoms with Gasteiger partial charge in [-0.15, -0.1) is 0 Å². The fourth-order valence-electron chi connectivity index (χ4n) is 11.2. The van der Waals surface area contributed by atoms with Gasteiger partial charge in [0.05, 0.1) is 0 Å². The van der Waals surface area contributed by atoms with E-state index < -0.39 is 6.10 Å². The Balaban J connectivity index is 4.24. The lowest BCUT2D eigenvalue weighted by atomic mass is 10.0. The highest BCUT2D eigenvalue weighted by molar-refractivity contribution is 5.71. The van der Waals surface area contributed by atoms with Crippen LogP contribution in [0.5, 0.6) is 0 Å². The maximum Gasteiger partial charge on any atom is 0.306 e. The summed E-state index contributed by atoms with van der Waals surface area (Å²) in [4.78, 5) is 38.5. The first-order valence-electron chi connectivity index (χ1n) is 36.5. The zero-order chi connectivity index (χ0) is 58.5. The van der Waals surface area contributed by atoms with Gasteiger partial charge in [0.1, 0.15) is 13.2 Å². The van der Waals surface area contributed by atoms with E-state index in [2.05, 4.69) is 57.2 Å². The number of hydrogen-bond donors (Lipinski definition) is 0. The van der Waals surface area contributed by atoms with E-state index in [1.165, 1.54) is 270 Å². The van der Waals surface area contributed by atoms with E-state index in [1.807, 2.05) is 0 Å². The zero-order valence-electron chi connectivity index (χ0n) is 54.8. The third-order valence-electron chi connectivity index (χ3n) is 16.7. The van der Waals surface area contributed by atoms with Crippen LogP contribution in [-0.2, 0) is 28.6 Å². The van der Waals surface area contributed by atoms with Crippen LogP contribution in [0.25, 0.3) is 0 Å². The molecule has 0 amide bonds. The Bertz CT molecular complexity index is 1350. The number of esters is 3. The van der Waals surface area contributed by atoms with Gasteiger partial charge in [0.25, 0.3) is 0 Å². The highest BCUT2D eigenvalue weighted by Crippen LogP contribution is 2.19. The standard InChI is InChI=1S/C75H140O6/c1-4-7-10-13-16-19-22-25-28-30-32-34-36-37-38-39-41-42-44-47-50-53-56-59-62-65-68-74(77)80-71-72(70-79-73(76)67-64-61-58-55-52-49-46-27-24-21-18-15-12-9-6-3)81-75(78)69-66-63-60-57-54-51-48-45-43-40-35-33-31-29-26-23-20-17-14-11-8-5-2/h9,12,18,21,27,46,72H,4-8,10-11,13-17,19-20,22-26,28-45,47-71H2,1-3H3/b12-9-,21-18-,46-27-. The number of rotatable bonds is 68. The fraction of sp³-hybridized carbons (Fsp3) is 0.880. The molecular formula is C75H140O6. The number of unbranched alkanes of at least 4 members (excludes halogenated alkanes) is 51. The topological polar surface area (TPSA) is 78.9 Å². The van der Waals surface area contributed by atoms with Gasteiger partial charge >= 0.3 is 17.9 Å². The third kappa shape index (κ3) is 68.3. The molecule has 0 aromatic rings. The van der Waals surface area contributed by atoms with Crippen molar-refractivity contribution in [1.29, 1.82) is 0 Å². The first kappa shape index (κ1) is 78.6. The van der Waals surface area contributed by atoms with E-state index in [4.69, 9.17) is 14.2 Å². The minimum atomic E-state index is -0.777. The Morgan fingerprint density at radius 2 is 0.481 bits per heavy atom. The highest BCUT2D eigenvalue weighted by Gasteiger charge is 2.19. The quantitative estimate of drug-likeness (QED) is 0.0261. The summed E-state index contributed by atoms with van der Waals surface area (Å²) in [5, 5.41) is 0. The van der Waals surface area contributed by atoms with E-state index in [0.717, 1.165) is 96.3 Å². The van der Waals surface area contributed by atoms with Crippen molar-refractivity contribution in [3.8, 4) is 0 Å². The molecule has 0 bridgehead atoms. The largest absolute Gasteiger partial charge is 0.462 e. The van der Waals surface area contributed by atoms with Crippen molar-refractivity contribution in [3.63, 3.8) is 0 Å². The molecule has 0 saturated heterocycles. The van der Waals surface area contributed by atoms with Crippen molar-refractivity contribution in [2.45, 2.75) is 412 Å². The molecule has 0 aliphatic carbocycles. The summed E-state index contributed by atoms with van der Waals surface area (Å²) in [6.45, 7) is 6.60. The van der Waals surface area contributed by atoms with E-state index in [-0.39, 0.29) is 31.1 Å². The number of ether oxygens (including phenoxy) is 3. The Morgan fingerprint density at radius 1 is 0.259 bits per heavy atom. The molecule has 0 radical (unpaired) electrons. The van der Waals surface area contributed by atoms with Crippen molar-refractivity contribution < 1.29 is 28.6 Å². The molecule has 0 aromatic carbocycles. The molecule has 0 heterocycles. The average molecular weight is 1140 g/mol. The number of carbonyl (C=O) groups excluding carboxylic acids is 3. The molecule has 0 aromatic heterocycles. The van der Waals surface area contributed by atoms with Crippen LogP contribution in [0.4, 0.5) is 0 Å². The molecule has 0 fully saturated rings. The zero-order valence-corrected chi connectivity index (χ0v) is 54.8. The molecule has 0 N–H and O–H groups in total. The van der Waals surface area contributed by atoms with Crippen LogP contribution in [0.15, 0.2) is 36.5 Å². The van der Waals surface area contributed by atoms with Gasteiger partial charge in [0, 0.05) is 19.3 Å². The van der Waals surface area contributed by atoms with Gasteiger partial charge in [-0.2, -0.15) is 0 Å². The van der Waals surface area contributed by atoms with Crippen molar-refractivity contribution in [3.05, 3.63) is 36.5 Å². The van der Waals surface area contributed by atoms with Crippen LogP contribution >= 0.6 is 0 Å². The van der Waals surface area contributed by atoms with Gasteiger partial charge in [-0.3, -0.25) is 14.4 Å². The second-order valence-electron chi connectivity index (χ2n) is 24.8. The van der Waals surface area contributed by atoms with Crippen LogP contribution in [0.1, 0.15) is 406 Å². The van der Waals surface area contributed by atoms with E-state index in [1.54, 1.807) is 0 Å².